The highest BCUT2D eigenvalue weighted by Crippen LogP contribution is 2.35. The number of carbonyl (C=O) groups is 3. The molecule has 2 aromatic carbocycles. The predicted molar refractivity (Wildman–Crippen MR) is 107 cm³/mol. The average molecular weight is 378 g/mol. The molecule has 4 rings (SSSR count). The minimum Gasteiger partial charge on any atom is -0.352 e. The number of likely N-dealkylation sites (tertiary alicyclic amines) is 1. The van der Waals surface area contributed by atoms with Crippen molar-refractivity contribution in [3.63, 3.8) is 0 Å². The van der Waals surface area contributed by atoms with Gasteiger partial charge in [0, 0.05) is 24.9 Å². The first-order chi connectivity index (χ1) is 13.7. The van der Waals surface area contributed by atoms with E-state index in [1.165, 1.54) is 0 Å². The zero-order valence-corrected chi connectivity index (χ0v) is 16.0. The molecule has 1 saturated carbocycles. The summed E-state index contributed by atoms with van der Waals surface area (Å²) in [6.07, 6.45) is 4.81. The molecular weight excluding hydrogens is 352 g/mol. The van der Waals surface area contributed by atoms with Crippen molar-refractivity contribution in [3.8, 4) is 0 Å². The lowest BCUT2D eigenvalue weighted by Gasteiger charge is -2.27. The van der Waals surface area contributed by atoms with Crippen LogP contribution in [0, 0.1) is 11.8 Å². The smallest absolute Gasteiger partial charge is 0.227 e. The van der Waals surface area contributed by atoms with Crippen LogP contribution >= 0.6 is 0 Å². The fourth-order valence-corrected chi connectivity index (χ4v) is 4.75. The first-order valence-electron chi connectivity index (χ1n) is 10.2. The Labute approximate surface area is 165 Å². The lowest BCUT2D eigenvalue weighted by molar-refractivity contribution is -0.142. The van der Waals surface area contributed by atoms with Crippen LogP contribution in [0.3, 0.4) is 0 Å². The van der Waals surface area contributed by atoms with E-state index in [1.54, 1.807) is 4.90 Å². The highest BCUT2D eigenvalue weighted by Gasteiger charge is 2.42. The van der Waals surface area contributed by atoms with Gasteiger partial charge in [-0.1, -0.05) is 48.9 Å². The summed E-state index contributed by atoms with van der Waals surface area (Å²) in [6.45, 7) is 1.08. The number of amides is 2. The van der Waals surface area contributed by atoms with Crippen LogP contribution in [0.4, 0.5) is 0 Å². The molecule has 0 aromatic heterocycles. The Kier molecular flexibility index (Phi) is 5.42. The van der Waals surface area contributed by atoms with Gasteiger partial charge in [-0.15, -0.1) is 0 Å². The molecule has 1 aliphatic heterocycles. The van der Waals surface area contributed by atoms with E-state index in [2.05, 4.69) is 23.5 Å². The summed E-state index contributed by atoms with van der Waals surface area (Å²) in [5.41, 5.74) is 1.08. The average Bonchev–Trinajstić information content (AvgIpc) is 3.40. The quantitative estimate of drug-likeness (QED) is 0.813. The molecule has 0 radical (unpaired) electrons. The number of rotatable bonds is 5. The van der Waals surface area contributed by atoms with Crippen molar-refractivity contribution in [2.45, 2.75) is 44.7 Å². The molecule has 2 aromatic rings. The van der Waals surface area contributed by atoms with Crippen LogP contribution in [0.2, 0.25) is 0 Å². The van der Waals surface area contributed by atoms with Crippen molar-refractivity contribution < 1.29 is 14.4 Å². The third-order valence-electron chi connectivity index (χ3n) is 6.24. The molecule has 3 unspecified atom stereocenters. The Morgan fingerprint density at radius 1 is 1.00 bits per heavy atom. The predicted octanol–water partition coefficient (Wildman–Crippen LogP) is 3.06. The summed E-state index contributed by atoms with van der Waals surface area (Å²) in [5.74, 6) is -0.661. The van der Waals surface area contributed by atoms with Crippen molar-refractivity contribution in [1.82, 2.24) is 10.2 Å². The van der Waals surface area contributed by atoms with Gasteiger partial charge < -0.3 is 15.0 Å². The normalized spacial score (nSPS) is 24.4. The van der Waals surface area contributed by atoms with E-state index in [0.717, 1.165) is 54.7 Å². The van der Waals surface area contributed by atoms with Crippen LogP contribution in [0.25, 0.3) is 10.8 Å². The Hall–Kier alpha value is -2.69. The molecule has 1 N–H and O–H groups in total. The Balaban J connectivity index is 1.43. The minimum absolute atomic E-state index is 0.0163. The number of nitrogens with zero attached hydrogens (tertiary/aromatic N) is 1. The fourth-order valence-electron chi connectivity index (χ4n) is 4.75. The molecule has 1 saturated heterocycles. The number of nitrogens with one attached hydrogen (secondary N) is 1. The summed E-state index contributed by atoms with van der Waals surface area (Å²) >= 11 is 0. The lowest BCUT2D eigenvalue weighted by Crippen LogP contribution is -2.44. The molecule has 2 amide bonds. The van der Waals surface area contributed by atoms with E-state index >= 15 is 0 Å². The zero-order chi connectivity index (χ0) is 19.5. The van der Waals surface area contributed by atoms with Gasteiger partial charge in [-0.25, -0.2) is 0 Å². The monoisotopic (exact) mass is 378 g/mol. The molecule has 3 atom stereocenters. The van der Waals surface area contributed by atoms with Gasteiger partial charge in [0.05, 0.1) is 6.04 Å². The standard InChI is InChI=1S/C23H26N2O3/c26-15-18-9-5-13-25(18)23(28)21-12-4-11-20(21)22(27)24-14-17-8-3-7-16-6-1-2-10-19(16)17/h1-3,6-8,10,15,18,20-21H,4-5,9,11-14H2,(H,24,27). The number of hydrogen-bond acceptors (Lipinski definition) is 3. The molecule has 5 nitrogen and oxygen atoms in total. The summed E-state index contributed by atoms with van der Waals surface area (Å²) in [6, 6.07) is 13.9. The van der Waals surface area contributed by atoms with Gasteiger partial charge in [-0.2, -0.15) is 0 Å². The van der Waals surface area contributed by atoms with Gasteiger partial charge in [-0.3, -0.25) is 9.59 Å². The van der Waals surface area contributed by atoms with E-state index in [9.17, 15) is 14.4 Å². The van der Waals surface area contributed by atoms with Gasteiger partial charge in [0.15, 0.2) is 0 Å². The Morgan fingerprint density at radius 3 is 2.64 bits per heavy atom. The van der Waals surface area contributed by atoms with Crippen LogP contribution in [0.15, 0.2) is 42.5 Å². The molecule has 5 heteroatoms. The summed E-state index contributed by atoms with van der Waals surface area (Å²) in [7, 11) is 0. The maximum absolute atomic E-state index is 13.0. The van der Waals surface area contributed by atoms with E-state index in [0.29, 0.717) is 13.1 Å². The van der Waals surface area contributed by atoms with E-state index in [1.807, 2.05) is 24.3 Å². The highest BCUT2D eigenvalue weighted by molar-refractivity contribution is 5.90. The van der Waals surface area contributed by atoms with Crippen LogP contribution in [0.1, 0.15) is 37.7 Å². The first-order valence-corrected chi connectivity index (χ1v) is 10.2. The number of benzene rings is 2. The topological polar surface area (TPSA) is 66.5 Å². The third kappa shape index (κ3) is 3.53. The molecule has 2 fully saturated rings. The van der Waals surface area contributed by atoms with Crippen LogP contribution in [-0.2, 0) is 20.9 Å². The molecule has 28 heavy (non-hydrogen) atoms. The Bertz CT molecular complexity index is 889. The van der Waals surface area contributed by atoms with Gasteiger partial charge in [0.25, 0.3) is 0 Å². The third-order valence-corrected chi connectivity index (χ3v) is 6.24. The second-order valence-corrected chi connectivity index (χ2v) is 7.88. The number of carbonyl (C=O) groups excluding carboxylic acids is 3. The Morgan fingerprint density at radius 2 is 1.79 bits per heavy atom. The molecule has 2 aliphatic rings. The molecule has 0 spiro atoms. The number of fused-ring (bicyclic) bond motifs is 1. The maximum Gasteiger partial charge on any atom is 0.227 e. The SMILES string of the molecule is O=CC1CCCN1C(=O)C1CCCC1C(=O)NCc1cccc2ccccc12. The van der Waals surface area contributed by atoms with Crippen molar-refractivity contribution in [2.75, 3.05) is 6.54 Å². The summed E-state index contributed by atoms with van der Waals surface area (Å²) in [4.78, 5) is 38.8. The zero-order valence-electron chi connectivity index (χ0n) is 16.0. The van der Waals surface area contributed by atoms with Gasteiger partial charge in [0.2, 0.25) is 11.8 Å². The number of hydrogen-bond donors (Lipinski definition) is 1. The molecule has 0 bridgehead atoms. The van der Waals surface area contributed by atoms with Crippen molar-refractivity contribution in [1.29, 1.82) is 0 Å². The second kappa shape index (κ2) is 8.13. The highest BCUT2D eigenvalue weighted by atomic mass is 16.2. The second-order valence-electron chi connectivity index (χ2n) is 7.88. The van der Waals surface area contributed by atoms with Gasteiger partial charge >= 0.3 is 0 Å². The van der Waals surface area contributed by atoms with Gasteiger partial charge in [0.1, 0.15) is 6.29 Å². The van der Waals surface area contributed by atoms with E-state index < -0.39 is 0 Å². The van der Waals surface area contributed by atoms with E-state index in [-0.39, 0.29) is 29.7 Å². The van der Waals surface area contributed by atoms with E-state index in [4.69, 9.17) is 0 Å². The molecule has 1 heterocycles. The molecule has 146 valence electrons. The summed E-state index contributed by atoms with van der Waals surface area (Å²) < 4.78 is 0. The van der Waals surface area contributed by atoms with Crippen molar-refractivity contribution in [3.05, 3.63) is 48.0 Å². The first kappa shape index (κ1) is 18.7. The molecule has 1 aliphatic carbocycles. The largest absolute Gasteiger partial charge is 0.352 e. The lowest BCUT2D eigenvalue weighted by atomic mass is 9.93. The van der Waals surface area contributed by atoms with Crippen LogP contribution in [-0.4, -0.2) is 35.6 Å². The van der Waals surface area contributed by atoms with Crippen LogP contribution < -0.4 is 5.32 Å². The van der Waals surface area contributed by atoms with Crippen LogP contribution in [0.5, 0.6) is 0 Å². The van der Waals surface area contributed by atoms with Crippen molar-refractivity contribution in [2.24, 2.45) is 11.8 Å². The maximum atomic E-state index is 13.0. The van der Waals surface area contributed by atoms with Crippen molar-refractivity contribution >= 4 is 28.9 Å². The summed E-state index contributed by atoms with van der Waals surface area (Å²) in [5, 5.41) is 5.34. The fraction of sp³-hybridized carbons (Fsp3) is 0.435. The minimum atomic E-state index is -0.313. The molecular formula is C23H26N2O3. The number of aldehydes is 1. The van der Waals surface area contributed by atoms with Gasteiger partial charge in [-0.05, 0) is 42.0 Å².